The van der Waals surface area contributed by atoms with Gasteiger partial charge in [-0.15, -0.1) is 0 Å². The van der Waals surface area contributed by atoms with E-state index in [1.807, 2.05) is 60.5 Å². The molecule has 0 N–H and O–H groups in total. The molecular weight excluding hydrogens is 634 g/mol. The average molecular weight is 694 g/mol. The van der Waals surface area contributed by atoms with Crippen molar-refractivity contribution in [2.75, 3.05) is 27.7 Å². The predicted octanol–water partition coefficient (Wildman–Crippen LogP) is 4.04. The summed E-state index contributed by atoms with van der Waals surface area (Å²) in [6.45, 7) is 18.5. The Balaban J connectivity index is 1.85. The van der Waals surface area contributed by atoms with Crippen molar-refractivity contribution in [2.24, 2.45) is 28.7 Å². The maximum atomic E-state index is 14.3. The van der Waals surface area contributed by atoms with E-state index in [0.717, 1.165) is 5.71 Å². The Morgan fingerprint density at radius 3 is 2.29 bits per heavy atom. The molecule has 0 saturated carbocycles. The second-order valence-electron chi connectivity index (χ2n) is 15.4. The number of amides is 1. The molecule has 0 spiro atoms. The molecule has 0 unspecified atom stereocenters. The minimum Gasteiger partial charge on any atom is -0.458 e. The molecular formula is C36H59N3O10. The van der Waals surface area contributed by atoms with Crippen LogP contribution in [0.1, 0.15) is 88.5 Å². The minimum absolute atomic E-state index is 0.191. The smallest absolute Gasteiger partial charge is 0.411 e. The second kappa shape index (κ2) is 14.9. The Morgan fingerprint density at radius 1 is 1.06 bits per heavy atom. The summed E-state index contributed by atoms with van der Waals surface area (Å²) in [5.41, 5.74) is -1.41. The van der Waals surface area contributed by atoms with E-state index >= 15 is 0 Å². The fraction of sp³-hybridized carbons (Fsp3) is 0.861. The molecule has 13 nitrogen and oxygen atoms in total. The van der Waals surface area contributed by atoms with Crippen LogP contribution in [0.15, 0.2) is 4.99 Å². The molecule has 278 valence electrons. The highest BCUT2D eigenvalue weighted by Gasteiger charge is 2.61. The second-order valence-corrected chi connectivity index (χ2v) is 15.4. The van der Waals surface area contributed by atoms with Crippen molar-refractivity contribution >= 4 is 29.5 Å². The third-order valence-corrected chi connectivity index (χ3v) is 11.3. The molecule has 4 rings (SSSR count). The number of hydrogen-bond acceptors (Lipinski definition) is 12. The van der Waals surface area contributed by atoms with Crippen molar-refractivity contribution in [3.63, 3.8) is 0 Å². The van der Waals surface area contributed by atoms with E-state index in [9.17, 15) is 19.2 Å². The normalized spacial score (nSPS) is 43.7. The lowest BCUT2D eigenvalue weighted by Crippen LogP contribution is -2.60. The highest BCUT2D eigenvalue weighted by atomic mass is 16.7. The van der Waals surface area contributed by atoms with Crippen LogP contribution >= 0.6 is 0 Å². The third kappa shape index (κ3) is 7.55. The van der Waals surface area contributed by atoms with Gasteiger partial charge >= 0.3 is 18.0 Å². The lowest BCUT2D eigenvalue weighted by molar-refractivity contribution is -0.297. The molecule has 0 aromatic heterocycles. The van der Waals surface area contributed by atoms with Gasteiger partial charge in [-0.1, -0.05) is 27.7 Å². The summed E-state index contributed by atoms with van der Waals surface area (Å²) < 4.78 is 37.5. The quantitative estimate of drug-likeness (QED) is 0.226. The molecule has 2 bridgehead atoms. The number of rotatable bonds is 6. The number of carbonyl (C=O) groups is 4. The van der Waals surface area contributed by atoms with Crippen molar-refractivity contribution in [1.82, 2.24) is 9.80 Å². The molecule has 0 aromatic carbocycles. The van der Waals surface area contributed by atoms with Gasteiger partial charge in [-0.2, -0.15) is 0 Å². The number of ketones is 1. The number of methoxy groups -OCH3 is 1. The van der Waals surface area contributed by atoms with E-state index in [0.29, 0.717) is 25.8 Å². The molecule has 3 fully saturated rings. The van der Waals surface area contributed by atoms with E-state index < -0.39 is 77.5 Å². The number of aliphatic imine (C=N–C) groups is 1. The number of ether oxygens (including phenoxy) is 6. The van der Waals surface area contributed by atoms with E-state index in [1.54, 1.807) is 18.9 Å². The highest BCUT2D eigenvalue weighted by molar-refractivity contribution is 6.00. The van der Waals surface area contributed by atoms with Gasteiger partial charge < -0.3 is 33.3 Å². The SMILES string of the molecule is CC[C@H]1OC(=O)[C@H](C)C(=O)[C@H](C)[C@@H](O[C@@H]2O[C@H](C)C[C@H](N(C)C)[C@H]2OC(C)=O)[C@](C)(OC)C[C@@H](C)C2=N[C@@H](C)CN3C(=O)O[C@@]1(C)[C@H]3[C@H]2C. The van der Waals surface area contributed by atoms with Gasteiger partial charge in [-0.05, 0) is 73.9 Å². The molecule has 14 atom stereocenters. The van der Waals surface area contributed by atoms with E-state index in [1.165, 1.54) is 13.8 Å². The zero-order valence-electron chi connectivity index (χ0n) is 31.7. The molecule has 3 saturated heterocycles. The Kier molecular flexibility index (Phi) is 11.9. The molecule has 4 aliphatic rings. The summed E-state index contributed by atoms with van der Waals surface area (Å²) in [5, 5.41) is 0. The minimum atomic E-state index is -1.18. The molecule has 49 heavy (non-hydrogen) atoms. The summed E-state index contributed by atoms with van der Waals surface area (Å²) >= 11 is 0. The predicted molar refractivity (Wildman–Crippen MR) is 181 cm³/mol. The molecule has 0 aromatic rings. The molecule has 1 amide bonds. The first kappa shape index (κ1) is 39.2. The van der Waals surface area contributed by atoms with Crippen molar-refractivity contribution in [2.45, 2.75) is 149 Å². The van der Waals surface area contributed by atoms with Crippen molar-refractivity contribution in [3.8, 4) is 0 Å². The number of likely N-dealkylation sites (N-methyl/N-ethyl adjacent to an activating group) is 1. The summed E-state index contributed by atoms with van der Waals surface area (Å²) in [6, 6.07) is -0.905. The maximum absolute atomic E-state index is 14.3. The molecule has 4 heterocycles. The van der Waals surface area contributed by atoms with Gasteiger partial charge in [0.15, 0.2) is 23.8 Å². The van der Waals surface area contributed by atoms with Crippen molar-refractivity contribution in [3.05, 3.63) is 0 Å². The summed E-state index contributed by atoms with van der Waals surface area (Å²) in [6.07, 6.45) is -2.92. The Labute approximate surface area is 291 Å². The Morgan fingerprint density at radius 2 is 1.71 bits per heavy atom. The largest absolute Gasteiger partial charge is 0.458 e. The zero-order chi connectivity index (χ0) is 36.7. The topological polar surface area (TPSA) is 142 Å². The summed E-state index contributed by atoms with van der Waals surface area (Å²) in [4.78, 5) is 62.7. The van der Waals surface area contributed by atoms with Crippen LogP contribution in [0.5, 0.6) is 0 Å². The Hall–Kier alpha value is -2.61. The average Bonchev–Trinajstić information content (AvgIpc) is 3.18. The lowest BCUT2D eigenvalue weighted by Gasteiger charge is -2.48. The summed E-state index contributed by atoms with van der Waals surface area (Å²) in [7, 11) is 5.39. The number of cyclic esters (lactones) is 1. The van der Waals surface area contributed by atoms with Crippen molar-refractivity contribution in [1.29, 1.82) is 0 Å². The number of Topliss-reactive ketones (excluding diaryl/α,β-unsaturated/α-hetero) is 1. The zero-order valence-corrected chi connectivity index (χ0v) is 31.7. The van der Waals surface area contributed by atoms with Crippen LogP contribution in [0.25, 0.3) is 0 Å². The van der Waals surface area contributed by atoms with Gasteiger partial charge in [0, 0.05) is 38.1 Å². The fourth-order valence-corrected chi connectivity index (χ4v) is 8.80. The van der Waals surface area contributed by atoms with Crippen molar-refractivity contribution < 1.29 is 47.6 Å². The van der Waals surface area contributed by atoms with Crippen LogP contribution in [-0.2, 0) is 42.8 Å². The molecule has 0 radical (unpaired) electrons. The number of nitrogens with zero attached hydrogens (tertiary/aromatic N) is 3. The standard InChI is InChI=1S/C36H59N3O10/c1-14-26-36(10)30-21(5)27(37-19(3)17-39(30)34(43)49-36)18(2)16-35(9,44-13)31(22(6)28(41)23(7)32(42)47-26)48-33-29(46-24(8)40)25(38(11)12)15-20(4)45-33/h18-23,25-26,29-31,33H,14-17H2,1-13H3/t18-,19+,20-,21+,22+,23-,25+,26-,29-,30-,31-,33+,35-,36-/m1/s1. The van der Waals surface area contributed by atoms with Crippen LogP contribution < -0.4 is 0 Å². The number of esters is 2. The molecule has 4 aliphatic heterocycles. The summed E-state index contributed by atoms with van der Waals surface area (Å²) in [5.74, 6) is -4.09. The Bertz CT molecular complexity index is 1290. The van der Waals surface area contributed by atoms with Crippen LogP contribution in [0.2, 0.25) is 0 Å². The lowest BCUT2D eigenvalue weighted by atomic mass is 9.73. The first-order valence-corrected chi connectivity index (χ1v) is 17.8. The molecule has 0 aliphatic carbocycles. The van der Waals surface area contributed by atoms with E-state index in [2.05, 4.69) is 6.92 Å². The van der Waals surface area contributed by atoms with Gasteiger partial charge in [0.05, 0.1) is 35.9 Å². The van der Waals surface area contributed by atoms with E-state index in [4.69, 9.17) is 33.4 Å². The number of carbonyl (C=O) groups excluding carboxylic acids is 4. The number of hydrogen-bond donors (Lipinski definition) is 0. The third-order valence-electron chi connectivity index (χ3n) is 11.3. The maximum Gasteiger partial charge on any atom is 0.411 e. The fourth-order valence-electron chi connectivity index (χ4n) is 8.80. The van der Waals surface area contributed by atoms with Crippen LogP contribution in [0.3, 0.4) is 0 Å². The van der Waals surface area contributed by atoms with Gasteiger partial charge in [-0.25, -0.2) is 4.79 Å². The first-order valence-electron chi connectivity index (χ1n) is 17.8. The highest BCUT2D eigenvalue weighted by Crippen LogP contribution is 2.44. The van der Waals surface area contributed by atoms with Gasteiger partial charge in [0.2, 0.25) is 0 Å². The van der Waals surface area contributed by atoms with E-state index in [-0.39, 0.29) is 30.0 Å². The van der Waals surface area contributed by atoms with Crippen LogP contribution in [0, 0.1) is 23.7 Å². The number of fused-ring (bicyclic) bond motifs is 1. The molecule has 13 heteroatoms. The van der Waals surface area contributed by atoms with Gasteiger partial charge in [0.1, 0.15) is 12.0 Å². The van der Waals surface area contributed by atoms with Crippen LogP contribution in [-0.4, -0.2) is 127 Å². The van der Waals surface area contributed by atoms with Crippen LogP contribution in [0.4, 0.5) is 4.79 Å². The first-order chi connectivity index (χ1) is 22.8. The van der Waals surface area contributed by atoms with Gasteiger partial charge in [0.25, 0.3) is 0 Å². The van der Waals surface area contributed by atoms with Gasteiger partial charge in [-0.3, -0.25) is 24.3 Å². The monoisotopic (exact) mass is 693 g/mol.